The summed E-state index contributed by atoms with van der Waals surface area (Å²) in [4.78, 5) is 23.9. The summed E-state index contributed by atoms with van der Waals surface area (Å²) in [5, 5.41) is 16.1. The van der Waals surface area contributed by atoms with Gasteiger partial charge in [-0.2, -0.15) is 5.10 Å². The molecule has 142 valence electrons. The van der Waals surface area contributed by atoms with Crippen molar-refractivity contribution in [1.82, 2.24) is 10.7 Å². The standard InChI is InChI=1S/C18H18BrN3O5/c1-26-14-6-4-3-5-12(14)18(25)20-10-16(23)22-21-9-11-7-13(19)17(24)15(8-11)27-2/h3-9,24H,10H2,1-2H3,(H,20,25)(H,22,23)/b21-9+. The van der Waals surface area contributed by atoms with E-state index >= 15 is 0 Å². The second kappa shape index (κ2) is 9.58. The second-order valence-corrected chi connectivity index (χ2v) is 6.08. The smallest absolute Gasteiger partial charge is 0.259 e. The fourth-order valence-electron chi connectivity index (χ4n) is 2.13. The quantitative estimate of drug-likeness (QED) is 0.455. The van der Waals surface area contributed by atoms with Crippen molar-refractivity contribution in [3.8, 4) is 17.2 Å². The molecule has 9 heteroatoms. The van der Waals surface area contributed by atoms with Crippen LogP contribution in [-0.4, -0.2) is 43.9 Å². The van der Waals surface area contributed by atoms with Gasteiger partial charge in [-0.05, 0) is 45.8 Å². The molecule has 0 atom stereocenters. The number of para-hydroxylation sites is 1. The molecule has 2 aromatic carbocycles. The number of phenolic OH excluding ortho intramolecular Hbond substituents is 1. The number of hydrazone groups is 1. The zero-order valence-electron chi connectivity index (χ0n) is 14.7. The molecule has 0 fully saturated rings. The Morgan fingerprint density at radius 1 is 1.19 bits per heavy atom. The molecule has 2 rings (SSSR count). The predicted octanol–water partition coefficient (Wildman–Crippen LogP) is 2.05. The lowest BCUT2D eigenvalue weighted by atomic mass is 10.2. The van der Waals surface area contributed by atoms with Crippen LogP contribution in [0.25, 0.3) is 0 Å². The van der Waals surface area contributed by atoms with Crippen LogP contribution < -0.4 is 20.2 Å². The van der Waals surface area contributed by atoms with E-state index in [9.17, 15) is 14.7 Å². The van der Waals surface area contributed by atoms with E-state index in [2.05, 4.69) is 31.8 Å². The Balaban J connectivity index is 1.90. The highest BCUT2D eigenvalue weighted by molar-refractivity contribution is 9.10. The van der Waals surface area contributed by atoms with Crippen molar-refractivity contribution >= 4 is 34.0 Å². The molecular formula is C18H18BrN3O5. The Morgan fingerprint density at radius 3 is 2.59 bits per heavy atom. The number of aromatic hydroxyl groups is 1. The summed E-state index contributed by atoms with van der Waals surface area (Å²) in [5.41, 5.74) is 3.23. The van der Waals surface area contributed by atoms with E-state index in [1.807, 2.05) is 0 Å². The minimum Gasteiger partial charge on any atom is -0.503 e. The molecule has 3 N–H and O–H groups in total. The van der Waals surface area contributed by atoms with E-state index in [-0.39, 0.29) is 18.0 Å². The van der Waals surface area contributed by atoms with Gasteiger partial charge in [-0.25, -0.2) is 5.43 Å². The number of nitrogens with zero attached hydrogens (tertiary/aromatic N) is 1. The molecule has 0 saturated carbocycles. The van der Waals surface area contributed by atoms with Gasteiger partial charge in [0.15, 0.2) is 11.5 Å². The Hall–Kier alpha value is -3.07. The number of phenols is 1. The largest absolute Gasteiger partial charge is 0.503 e. The van der Waals surface area contributed by atoms with Gasteiger partial charge < -0.3 is 19.9 Å². The predicted molar refractivity (Wildman–Crippen MR) is 103 cm³/mol. The first-order valence-electron chi connectivity index (χ1n) is 7.76. The third-order valence-corrected chi connectivity index (χ3v) is 4.04. The maximum atomic E-state index is 12.1. The minimum atomic E-state index is -0.501. The molecule has 27 heavy (non-hydrogen) atoms. The summed E-state index contributed by atoms with van der Waals surface area (Å²) in [6, 6.07) is 9.86. The Labute approximate surface area is 164 Å². The van der Waals surface area contributed by atoms with Crippen molar-refractivity contribution in [2.24, 2.45) is 5.10 Å². The summed E-state index contributed by atoms with van der Waals surface area (Å²) in [6.45, 7) is -0.253. The van der Waals surface area contributed by atoms with Crippen LogP contribution in [0, 0.1) is 0 Å². The molecule has 0 unspecified atom stereocenters. The lowest BCUT2D eigenvalue weighted by Gasteiger charge is -2.08. The van der Waals surface area contributed by atoms with Crippen molar-refractivity contribution in [3.05, 3.63) is 52.0 Å². The van der Waals surface area contributed by atoms with Crippen LogP contribution in [-0.2, 0) is 4.79 Å². The normalized spacial score (nSPS) is 10.5. The first-order valence-corrected chi connectivity index (χ1v) is 8.55. The summed E-state index contributed by atoms with van der Waals surface area (Å²) in [7, 11) is 2.89. The van der Waals surface area contributed by atoms with Crippen LogP contribution in [0.4, 0.5) is 0 Å². The molecule has 2 aromatic rings. The van der Waals surface area contributed by atoms with Crippen LogP contribution in [0.5, 0.6) is 17.2 Å². The van der Waals surface area contributed by atoms with E-state index in [1.54, 1.807) is 36.4 Å². The van der Waals surface area contributed by atoms with Gasteiger partial charge in [-0.1, -0.05) is 12.1 Å². The fraction of sp³-hybridized carbons (Fsp3) is 0.167. The highest BCUT2D eigenvalue weighted by Crippen LogP contribution is 2.34. The number of ether oxygens (including phenoxy) is 2. The van der Waals surface area contributed by atoms with Gasteiger partial charge in [0.25, 0.3) is 11.8 Å². The number of rotatable bonds is 7. The van der Waals surface area contributed by atoms with Gasteiger partial charge in [-0.3, -0.25) is 9.59 Å². The van der Waals surface area contributed by atoms with Gasteiger partial charge >= 0.3 is 0 Å². The molecule has 0 heterocycles. The van der Waals surface area contributed by atoms with Crippen molar-refractivity contribution < 1.29 is 24.2 Å². The molecule has 0 spiro atoms. The first-order chi connectivity index (χ1) is 13.0. The van der Waals surface area contributed by atoms with E-state index in [1.165, 1.54) is 20.4 Å². The third-order valence-electron chi connectivity index (χ3n) is 3.43. The molecule has 0 aliphatic carbocycles. The number of methoxy groups -OCH3 is 2. The van der Waals surface area contributed by atoms with Crippen molar-refractivity contribution in [2.45, 2.75) is 0 Å². The lowest BCUT2D eigenvalue weighted by Crippen LogP contribution is -2.35. The van der Waals surface area contributed by atoms with Crippen LogP contribution in [0.15, 0.2) is 46.0 Å². The molecule has 0 radical (unpaired) electrons. The van der Waals surface area contributed by atoms with E-state index in [0.29, 0.717) is 21.3 Å². The summed E-state index contributed by atoms with van der Waals surface area (Å²) in [6.07, 6.45) is 1.38. The van der Waals surface area contributed by atoms with Crippen LogP contribution >= 0.6 is 15.9 Å². The Morgan fingerprint density at radius 2 is 1.89 bits per heavy atom. The molecule has 0 aromatic heterocycles. The maximum Gasteiger partial charge on any atom is 0.259 e. The number of amides is 2. The number of carbonyl (C=O) groups excluding carboxylic acids is 2. The number of hydrogen-bond donors (Lipinski definition) is 3. The van der Waals surface area contributed by atoms with Gasteiger partial charge in [0, 0.05) is 0 Å². The van der Waals surface area contributed by atoms with Gasteiger partial charge in [0.05, 0.1) is 37.0 Å². The number of hydrogen-bond acceptors (Lipinski definition) is 6. The van der Waals surface area contributed by atoms with Gasteiger partial charge in [0.2, 0.25) is 0 Å². The summed E-state index contributed by atoms with van der Waals surface area (Å²) >= 11 is 3.20. The second-order valence-electron chi connectivity index (χ2n) is 5.23. The Kier molecular flexibility index (Phi) is 7.18. The van der Waals surface area contributed by atoms with Gasteiger partial charge in [0.1, 0.15) is 5.75 Å². The molecule has 0 aliphatic rings. The molecule has 0 aliphatic heterocycles. The van der Waals surface area contributed by atoms with Crippen LogP contribution in [0.3, 0.4) is 0 Å². The van der Waals surface area contributed by atoms with Gasteiger partial charge in [-0.15, -0.1) is 0 Å². The van der Waals surface area contributed by atoms with Crippen molar-refractivity contribution in [2.75, 3.05) is 20.8 Å². The number of halogens is 1. The summed E-state index contributed by atoms with van der Waals surface area (Å²) in [5.74, 6) is -0.280. The molecule has 0 saturated heterocycles. The van der Waals surface area contributed by atoms with Crippen LogP contribution in [0.2, 0.25) is 0 Å². The first kappa shape index (κ1) is 20.2. The Bertz CT molecular complexity index is 870. The minimum absolute atomic E-state index is 0.0299. The third kappa shape index (κ3) is 5.45. The average molecular weight is 436 g/mol. The lowest BCUT2D eigenvalue weighted by molar-refractivity contribution is -0.120. The summed E-state index contributed by atoms with van der Waals surface area (Å²) < 4.78 is 10.6. The highest BCUT2D eigenvalue weighted by Gasteiger charge is 2.12. The monoisotopic (exact) mass is 435 g/mol. The molecule has 0 bridgehead atoms. The molecular weight excluding hydrogens is 418 g/mol. The molecule has 2 amide bonds. The van der Waals surface area contributed by atoms with E-state index < -0.39 is 11.8 Å². The van der Waals surface area contributed by atoms with Crippen LogP contribution in [0.1, 0.15) is 15.9 Å². The fourth-order valence-corrected chi connectivity index (χ4v) is 2.59. The topological polar surface area (TPSA) is 109 Å². The zero-order valence-corrected chi connectivity index (χ0v) is 16.2. The highest BCUT2D eigenvalue weighted by atomic mass is 79.9. The van der Waals surface area contributed by atoms with E-state index in [4.69, 9.17) is 9.47 Å². The molecule has 8 nitrogen and oxygen atoms in total. The number of carbonyl (C=O) groups is 2. The average Bonchev–Trinajstić information content (AvgIpc) is 2.68. The number of benzene rings is 2. The van der Waals surface area contributed by atoms with Crippen molar-refractivity contribution in [1.29, 1.82) is 0 Å². The zero-order chi connectivity index (χ0) is 19.8. The number of nitrogens with one attached hydrogen (secondary N) is 2. The van der Waals surface area contributed by atoms with E-state index in [0.717, 1.165) is 0 Å². The maximum absolute atomic E-state index is 12.1. The SMILES string of the molecule is COc1ccccc1C(=O)NCC(=O)N/N=C/c1cc(Br)c(O)c(OC)c1. The van der Waals surface area contributed by atoms with Crippen molar-refractivity contribution in [3.63, 3.8) is 0 Å².